The second kappa shape index (κ2) is 9.47. The van der Waals surface area contributed by atoms with Gasteiger partial charge in [-0.15, -0.1) is 0 Å². The summed E-state index contributed by atoms with van der Waals surface area (Å²) in [5, 5.41) is 13.0. The van der Waals surface area contributed by atoms with Crippen LogP contribution in [0.15, 0.2) is 78.0 Å². The lowest BCUT2D eigenvalue weighted by atomic mass is 10.00. The zero-order valence-corrected chi connectivity index (χ0v) is 16.7. The van der Waals surface area contributed by atoms with Crippen LogP contribution in [0.25, 0.3) is 11.1 Å². The molecule has 7 heteroatoms. The van der Waals surface area contributed by atoms with Gasteiger partial charge in [-0.05, 0) is 46.9 Å². The predicted molar refractivity (Wildman–Crippen MR) is 112 cm³/mol. The summed E-state index contributed by atoms with van der Waals surface area (Å²) in [6.07, 6.45) is -4.40. The van der Waals surface area contributed by atoms with Crippen molar-refractivity contribution < 1.29 is 27.9 Å². The van der Waals surface area contributed by atoms with Gasteiger partial charge < -0.3 is 9.94 Å². The zero-order chi connectivity index (χ0) is 22.4. The van der Waals surface area contributed by atoms with E-state index in [1.54, 1.807) is 13.0 Å². The molecule has 0 aliphatic heterocycles. The average molecular weight is 427 g/mol. The van der Waals surface area contributed by atoms with Crippen molar-refractivity contribution in [3.63, 3.8) is 0 Å². The minimum atomic E-state index is -4.36. The van der Waals surface area contributed by atoms with Crippen molar-refractivity contribution in [1.29, 1.82) is 0 Å². The largest absolute Gasteiger partial charge is 0.481 e. The van der Waals surface area contributed by atoms with E-state index in [0.717, 1.165) is 34.4 Å². The first-order chi connectivity index (χ1) is 14.7. The summed E-state index contributed by atoms with van der Waals surface area (Å²) >= 11 is 0. The SMILES string of the molecule is C/C(=N\OCc1ccc(C(F)(F)F)cc1)c1ccc(-c2cccc(CC(=O)O)c2)cc1. The van der Waals surface area contributed by atoms with Gasteiger partial charge >= 0.3 is 12.1 Å². The molecule has 0 aliphatic carbocycles. The number of rotatable bonds is 7. The molecule has 0 bridgehead atoms. The van der Waals surface area contributed by atoms with Gasteiger partial charge in [0.1, 0.15) is 6.61 Å². The number of hydrogen-bond acceptors (Lipinski definition) is 3. The Kier molecular flexibility index (Phi) is 6.74. The molecule has 160 valence electrons. The van der Waals surface area contributed by atoms with Gasteiger partial charge in [-0.1, -0.05) is 65.8 Å². The fourth-order valence-electron chi connectivity index (χ4n) is 2.99. The van der Waals surface area contributed by atoms with E-state index in [1.807, 2.05) is 42.5 Å². The molecule has 3 aromatic rings. The number of benzene rings is 3. The molecule has 3 aromatic carbocycles. The van der Waals surface area contributed by atoms with Crippen molar-refractivity contribution in [2.24, 2.45) is 5.16 Å². The van der Waals surface area contributed by atoms with Gasteiger partial charge in [-0.25, -0.2) is 0 Å². The van der Waals surface area contributed by atoms with Crippen LogP contribution < -0.4 is 0 Å². The summed E-state index contributed by atoms with van der Waals surface area (Å²) in [6, 6.07) is 19.7. The lowest BCUT2D eigenvalue weighted by Gasteiger charge is -2.08. The standard InChI is InChI=1S/C24H20F3NO3/c1-16(28-31-15-17-5-11-22(12-6-17)24(25,26)27)19-7-9-20(10-8-19)21-4-2-3-18(13-21)14-23(29)30/h2-13H,14-15H2,1H3,(H,29,30)/b28-16+. The van der Waals surface area contributed by atoms with Crippen molar-refractivity contribution in [2.75, 3.05) is 0 Å². The Morgan fingerprint density at radius 3 is 2.23 bits per heavy atom. The fourth-order valence-corrected chi connectivity index (χ4v) is 2.99. The van der Waals surface area contributed by atoms with Crippen LogP contribution in [0.2, 0.25) is 0 Å². The first-order valence-electron chi connectivity index (χ1n) is 9.46. The van der Waals surface area contributed by atoms with E-state index in [4.69, 9.17) is 9.94 Å². The molecule has 0 fully saturated rings. The summed E-state index contributed by atoms with van der Waals surface area (Å²) in [4.78, 5) is 16.2. The highest BCUT2D eigenvalue weighted by Gasteiger charge is 2.29. The molecule has 31 heavy (non-hydrogen) atoms. The van der Waals surface area contributed by atoms with Crippen LogP contribution in [0, 0.1) is 0 Å². The van der Waals surface area contributed by atoms with Crippen LogP contribution in [0.5, 0.6) is 0 Å². The number of carboxylic acid groups (broad SMARTS) is 1. The molecule has 0 aromatic heterocycles. The highest BCUT2D eigenvalue weighted by atomic mass is 19.4. The molecule has 3 rings (SSSR count). The van der Waals surface area contributed by atoms with E-state index in [-0.39, 0.29) is 13.0 Å². The molecular weight excluding hydrogens is 407 g/mol. The molecule has 4 nitrogen and oxygen atoms in total. The molecule has 0 saturated heterocycles. The number of alkyl halides is 3. The normalized spacial score (nSPS) is 11.9. The second-order valence-corrected chi connectivity index (χ2v) is 6.99. The fraction of sp³-hybridized carbons (Fsp3) is 0.167. The molecule has 0 spiro atoms. The van der Waals surface area contributed by atoms with E-state index >= 15 is 0 Å². The Morgan fingerprint density at radius 1 is 0.935 bits per heavy atom. The number of aliphatic carboxylic acids is 1. The lowest BCUT2D eigenvalue weighted by Crippen LogP contribution is -2.04. The first kappa shape index (κ1) is 22.1. The molecule has 0 atom stereocenters. The van der Waals surface area contributed by atoms with Gasteiger partial charge in [0.2, 0.25) is 0 Å². The van der Waals surface area contributed by atoms with Crippen molar-refractivity contribution >= 4 is 11.7 Å². The highest BCUT2D eigenvalue weighted by molar-refractivity contribution is 5.98. The summed E-state index contributed by atoms with van der Waals surface area (Å²) in [5.41, 5.74) is 3.91. The topological polar surface area (TPSA) is 58.9 Å². The number of oxime groups is 1. The van der Waals surface area contributed by atoms with Crippen molar-refractivity contribution in [3.8, 4) is 11.1 Å². The Hall–Kier alpha value is -3.61. The molecule has 0 aliphatic rings. The Balaban J connectivity index is 1.63. The van der Waals surface area contributed by atoms with Gasteiger partial charge in [-0.2, -0.15) is 13.2 Å². The maximum absolute atomic E-state index is 12.6. The first-order valence-corrected chi connectivity index (χ1v) is 9.46. The summed E-state index contributed by atoms with van der Waals surface area (Å²) in [7, 11) is 0. The van der Waals surface area contributed by atoms with Gasteiger partial charge in [0.25, 0.3) is 0 Å². The van der Waals surface area contributed by atoms with E-state index in [1.165, 1.54) is 12.1 Å². The minimum absolute atomic E-state index is 0.0338. The minimum Gasteiger partial charge on any atom is -0.481 e. The maximum atomic E-state index is 12.6. The predicted octanol–water partition coefficient (Wildman–Crippen LogP) is 5.94. The van der Waals surface area contributed by atoms with Gasteiger partial charge in [0.15, 0.2) is 0 Å². The monoisotopic (exact) mass is 427 g/mol. The van der Waals surface area contributed by atoms with Crippen LogP contribution in [0.3, 0.4) is 0 Å². The third-order valence-electron chi connectivity index (χ3n) is 4.63. The van der Waals surface area contributed by atoms with Crippen LogP contribution in [-0.2, 0) is 28.8 Å². The molecule has 0 radical (unpaired) electrons. The van der Waals surface area contributed by atoms with Crippen LogP contribution >= 0.6 is 0 Å². The average Bonchev–Trinajstić information content (AvgIpc) is 2.73. The summed E-state index contributed by atoms with van der Waals surface area (Å²) < 4.78 is 37.8. The Morgan fingerprint density at radius 2 is 1.61 bits per heavy atom. The van der Waals surface area contributed by atoms with Crippen molar-refractivity contribution in [2.45, 2.75) is 26.1 Å². The third kappa shape index (κ3) is 6.18. The number of carbonyl (C=O) groups is 1. The van der Waals surface area contributed by atoms with Gasteiger partial charge in [-0.3, -0.25) is 4.79 Å². The molecule has 0 saturated carbocycles. The van der Waals surface area contributed by atoms with Crippen molar-refractivity contribution in [1.82, 2.24) is 0 Å². The van der Waals surface area contributed by atoms with Crippen LogP contribution in [0.1, 0.15) is 29.2 Å². The second-order valence-electron chi connectivity index (χ2n) is 6.99. The molecule has 1 N–H and O–H groups in total. The zero-order valence-electron chi connectivity index (χ0n) is 16.7. The highest BCUT2D eigenvalue weighted by Crippen LogP contribution is 2.29. The quantitative estimate of drug-likeness (QED) is 0.375. The Bertz CT molecular complexity index is 1070. The Labute approximate surface area is 177 Å². The molecule has 0 heterocycles. The maximum Gasteiger partial charge on any atom is 0.416 e. The number of carboxylic acids is 1. The van der Waals surface area contributed by atoms with E-state index in [0.29, 0.717) is 11.3 Å². The number of halogens is 3. The van der Waals surface area contributed by atoms with Crippen LogP contribution in [0.4, 0.5) is 13.2 Å². The van der Waals surface area contributed by atoms with E-state index in [9.17, 15) is 18.0 Å². The van der Waals surface area contributed by atoms with Gasteiger partial charge in [0.05, 0.1) is 17.7 Å². The summed E-state index contributed by atoms with van der Waals surface area (Å²) in [6.45, 7) is 1.83. The molecular formula is C24H20F3NO3. The van der Waals surface area contributed by atoms with E-state index in [2.05, 4.69) is 5.16 Å². The van der Waals surface area contributed by atoms with Crippen molar-refractivity contribution in [3.05, 3.63) is 95.1 Å². The number of nitrogens with zero attached hydrogens (tertiary/aromatic N) is 1. The molecule has 0 unspecified atom stereocenters. The summed E-state index contributed by atoms with van der Waals surface area (Å²) in [5.74, 6) is -0.879. The smallest absolute Gasteiger partial charge is 0.416 e. The number of hydrogen-bond donors (Lipinski definition) is 1. The third-order valence-corrected chi connectivity index (χ3v) is 4.63. The molecule has 0 amide bonds. The van der Waals surface area contributed by atoms with Crippen LogP contribution in [-0.4, -0.2) is 16.8 Å². The van der Waals surface area contributed by atoms with E-state index < -0.39 is 17.7 Å². The lowest BCUT2D eigenvalue weighted by molar-refractivity contribution is -0.138. The van der Waals surface area contributed by atoms with Gasteiger partial charge in [0, 0.05) is 0 Å².